The number of amides is 2. The van der Waals surface area contributed by atoms with Crippen LogP contribution in [0.25, 0.3) is 0 Å². The monoisotopic (exact) mass is 454 g/mol. The third kappa shape index (κ3) is 8.48. The van der Waals surface area contributed by atoms with Crippen LogP contribution in [0.1, 0.15) is 31.4 Å². The molecule has 0 aliphatic heterocycles. The van der Waals surface area contributed by atoms with Crippen molar-refractivity contribution in [2.45, 2.75) is 39.2 Å². The molecule has 0 aromatic heterocycles. The van der Waals surface area contributed by atoms with Gasteiger partial charge in [-0.05, 0) is 29.2 Å². The van der Waals surface area contributed by atoms with Crippen LogP contribution in [0, 0.1) is 5.92 Å². The van der Waals surface area contributed by atoms with Gasteiger partial charge in [0, 0.05) is 13.0 Å². The van der Waals surface area contributed by atoms with E-state index in [1.807, 2.05) is 30.3 Å². The maximum Gasteiger partial charge on any atom is 0.245 e. The number of nitrogens with zero attached hydrogens (tertiary/aromatic N) is 1. The topological polar surface area (TPSA) is 115 Å². The molecule has 0 heterocycles. The van der Waals surface area contributed by atoms with Gasteiger partial charge >= 0.3 is 0 Å². The van der Waals surface area contributed by atoms with Crippen molar-refractivity contribution in [2.24, 2.45) is 16.6 Å². The summed E-state index contributed by atoms with van der Waals surface area (Å²) < 4.78 is 10.5. The number of nitrogens with two attached hydrogens (primary N) is 1. The zero-order valence-corrected chi connectivity index (χ0v) is 19.8. The van der Waals surface area contributed by atoms with E-state index in [9.17, 15) is 9.59 Å². The van der Waals surface area contributed by atoms with Crippen molar-refractivity contribution in [1.29, 1.82) is 0 Å². The molecular weight excluding hydrogens is 420 g/mol. The van der Waals surface area contributed by atoms with E-state index in [1.165, 1.54) is 7.11 Å². The van der Waals surface area contributed by atoms with Crippen LogP contribution in [-0.4, -0.2) is 44.6 Å². The number of rotatable bonds is 11. The molecule has 0 bridgehead atoms. The highest BCUT2D eigenvalue weighted by Gasteiger charge is 2.20. The Hall–Kier alpha value is -3.55. The van der Waals surface area contributed by atoms with Gasteiger partial charge in [-0.15, -0.1) is 0 Å². The summed E-state index contributed by atoms with van der Waals surface area (Å²) in [6.45, 7) is 4.70. The van der Waals surface area contributed by atoms with Gasteiger partial charge < -0.3 is 20.5 Å². The molecule has 8 heteroatoms. The highest BCUT2D eigenvalue weighted by atomic mass is 16.5. The summed E-state index contributed by atoms with van der Waals surface area (Å²) in [6.07, 6.45) is 1.40. The normalized spacial score (nSPS) is 13.0. The highest BCUT2D eigenvalue weighted by Crippen LogP contribution is 2.27. The van der Waals surface area contributed by atoms with E-state index in [-0.39, 0.29) is 24.2 Å². The SMILES string of the molecule is CC[C@H](C)CNC(=O)[C@@H](Cc1ccccc1)N=C(N)NC(=O)Cc1ccc(OC)c(OC)c1. The fourth-order valence-electron chi connectivity index (χ4n) is 3.13. The Morgan fingerprint density at radius 1 is 1.03 bits per heavy atom. The van der Waals surface area contributed by atoms with E-state index in [2.05, 4.69) is 29.5 Å². The smallest absolute Gasteiger partial charge is 0.245 e. The van der Waals surface area contributed by atoms with Gasteiger partial charge in [-0.25, -0.2) is 4.99 Å². The first-order chi connectivity index (χ1) is 15.9. The molecule has 178 valence electrons. The first-order valence-electron chi connectivity index (χ1n) is 11.0. The maximum atomic E-state index is 12.8. The lowest BCUT2D eigenvalue weighted by atomic mass is 10.1. The molecule has 0 aliphatic carbocycles. The Labute approximate surface area is 195 Å². The Kier molecular flexibility index (Phi) is 10.2. The van der Waals surface area contributed by atoms with Crippen molar-refractivity contribution < 1.29 is 19.1 Å². The van der Waals surface area contributed by atoms with Crippen molar-refractivity contribution in [3.8, 4) is 11.5 Å². The van der Waals surface area contributed by atoms with Crippen LogP contribution in [0.2, 0.25) is 0 Å². The maximum absolute atomic E-state index is 12.8. The summed E-state index contributed by atoms with van der Waals surface area (Å²) in [5.41, 5.74) is 7.68. The van der Waals surface area contributed by atoms with E-state index < -0.39 is 6.04 Å². The second-order valence-electron chi connectivity index (χ2n) is 7.89. The fraction of sp³-hybridized carbons (Fsp3) is 0.400. The summed E-state index contributed by atoms with van der Waals surface area (Å²) in [5, 5.41) is 5.51. The van der Waals surface area contributed by atoms with Gasteiger partial charge in [-0.3, -0.25) is 14.9 Å². The lowest BCUT2D eigenvalue weighted by Crippen LogP contribution is -2.42. The van der Waals surface area contributed by atoms with E-state index in [0.717, 1.165) is 17.5 Å². The van der Waals surface area contributed by atoms with Crippen LogP contribution < -0.4 is 25.8 Å². The number of aliphatic imine (C=N–C) groups is 1. The zero-order chi connectivity index (χ0) is 24.2. The number of methoxy groups -OCH3 is 2. The molecule has 2 amide bonds. The minimum Gasteiger partial charge on any atom is -0.493 e. The predicted molar refractivity (Wildman–Crippen MR) is 129 cm³/mol. The quantitative estimate of drug-likeness (QED) is 0.356. The lowest BCUT2D eigenvalue weighted by Gasteiger charge is -2.16. The summed E-state index contributed by atoms with van der Waals surface area (Å²) in [4.78, 5) is 29.6. The minimum absolute atomic E-state index is 0.0696. The van der Waals surface area contributed by atoms with Crippen LogP contribution in [-0.2, 0) is 22.4 Å². The Morgan fingerprint density at radius 3 is 2.36 bits per heavy atom. The van der Waals surface area contributed by atoms with Crippen LogP contribution in [0.4, 0.5) is 0 Å². The van der Waals surface area contributed by atoms with E-state index in [1.54, 1.807) is 25.3 Å². The Balaban J connectivity index is 2.08. The van der Waals surface area contributed by atoms with Crippen molar-refractivity contribution in [1.82, 2.24) is 10.6 Å². The van der Waals surface area contributed by atoms with Crippen LogP contribution in [0.15, 0.2) is 53.5 Å². The molecule has 2 rings (SSSR count). The van der Waals surface area contributed by atoms with Gasteiger partial charge in [0.15, 0.2) is 17.5 Å². The Bertz CT molecular complexity index is 947. The standard InChI is InChI=1S/C25H34N4O4/c1-5-17(2)16-27-24(31)20(13-18-9-7-6-8-10-18)28-25(26)29-23(30)15-19-11-12-21(32-3)22(14-19)33-4/h6-12,14,17,20H,5,13,15-16H2,1-4H3,(H,27,31)(H3,26,28,29,30)/t17-,20+/m0/s1. The van der Waals surface area contributed by atoms with Gasteiger partial charge in [0.1, 0.15) is 6.04 Å². The van der Waals surface area contributed by atoms with Gasteiger partial charge in [0.05, 0.1) is 20.6 Å². The number of hydrogen-bond donors (Lipinski definition) is 3. The summed E-state index contributed by atoms with van der Waals surface area (Å²) >= 11 is 0. The predicted octanol–water partition coefficient (Wildman–Crippen LogP) is 2.45. The highest BCUT2D eigenvalue weighted by molar-refractivity contribution is 5.98. The Morgan fingerprint density at radius 2 is 1.73 bits per heavy atom. The first kappa shape index (κ1) is 25.7. The van der Waals surface area contributed by atoms with E-state index in [4.69, 9.17) is 15.2 Å². The average Bonchev–Trinajstić information content (AvgIpc) is 2.82. The minimum atomic E-state index is -0.752. The molecule has 2 aromatic rings. The number of ether oxygens (including phenoxy) is 2. The largest absolute Gasteiger partial charge is 0.493 e. The molecule has 2 aromatic carbocycles. The first-order valence-corrected chi connectivity index (χ1v) is 11.0. The second-order valence-corrected chi connectivity index (χ2v) is 7.89. The van der Waals surface area contributed by atoms with Gasteiger partial charge in [-0.1, -0.05) is 56.7 Å². The van der Waals surface area contributed by atoms with Crippen molar-refractivity contribution in [3.05, 3.63) is 59.7 Å². The molecule has 33 heavy (non-hydrogen) atoms. The number of hydrogen-bond acceptors (Lipinski definition) is 5. The molecule has 2 atom stereocenters. The molecule has 8 nitrogen and oxygen atoms in total. The van der Waals surface area contributed by atoms with Crippen molar-refractivity contribution >= 4 is 17.8 Å². The van der Waals surface area contributed by atoms with Gasteiger partial charge in [-0.2, -0.15) is 0 Å². The van der Waals surface area contributed by atoms with Crippen molar-refractivity contribution in [3.63, 3.8) is 0 Å². The van der Waals surface area contributed by atoms with E-state index >= 15 is 0 Å². The number of benzene rings is 2. The average molecular weight is 455 g/mol. The number of carbonyl (C=O) groups is 2. The summed E-state index contributed by atoms with van der Waals surface area (Å²) in [5.74, 6) is 0.798. The van der Waals surface area contributed by atoms with Gasteiger partial charge in [0.2, 0.25) is 11.8 Å². The molecular formula is C25H34N4O4. The number of nitrogens with one attached hydrogen (secondary N) is 2. The fourth-order valence-corrected chi connectivity index (χ4v) is 3.13. The number of carbonyl (C=O) groups excluding carboxylic acids is 2. The molecule has 0 spiro atoms. The van der Waals surface area contributed by atoms with Crippen molar-refractivity contribution in [2.75, 3.05) is 20.8 Å². The molecule has 0 unspecified atom stereocenters. The lowest BCUT2D eigenvalue weighted by molar-refractivity contribution is -0.122. The molecule has 0 radical (unpaired) electrons. The number of guanidine groups is 1. The zero-order valence-electron chi connectivity index (χ0n) is 19.8. The molecule has 4 N–H and O–H groups in total. The van der Waals surface area contributed by atoms with Gasteiger partial charge in [0.25, 0.3) is 0 Å². The second kappa shape index (κ2) is 13.1. The summed E-state index contributed by atoms with van der Waals surface area (Å²) in [6, 6.07) is 14.1. The molecule has 0 saturated carbocycles. The van der Waals surface area contributed by atoms with Crippen LogP contribution in [0.5, 0.6) is 11.5 Å². The van der Waals surface area contributed by atoms with Crippen LogP contribution >= 0.6 is 0 Å². The molecule has 0 aliphatic rings. The molecule has 0 fully saturated rings. The third-order valence-corrected chi connectivity index (χ3v) is 5.27. The van der Waals surface area contributed by atoms with E-state index in [0.29, 0.717) is 30.4 Å². The summed E-state index contributed by atoms with van der Waals surface area (Å²) in [7, 11) is 3.08. The van der Waals surface area contributed by atoms with Crippen LogP contribution in [0.3, 0.4) is 0 Å². The molecule has 0 saturated heterocycles. The third-order valence-electron chi connectivity index (χ3n) is 5.27.